The molecule has 0 bridgehead atoms. The molecule has 1 heterocycles. The summed E-state index contributed by atoms with van der Waals surface area (Å²) in [7, 11) is 1.20. The highest BCUT2D eigenvalue weighted by molar-refractivity contribution is 7.11. The molecule has 7 nitrogen and oxygen atoms in total. The summed E-state index contributed by atoms with van der Waals surface area (Å²) in [4.78, 5) is 24.5. The van der Waals surface area contributed by atoms with Crippen LogP contribution in [0.25, 0.3) is 0 Å². The van der Waals surface area contributed by atoms with E-state index in [4.69, 9.17) is 37.4 Å². The van der Waals surface area contributed by atoms with Gasteiger partial charge in [-0.3, -0.25) is 0 Å². The summed E-state index contributed by atoms with van der Waals surface area (Å²) < 4.78 is 19.5. The Labute approximate surface area is 179 Å². The van der Waals surface area contributed by atoms with Crippen LogP contribution in [0, 0.1) is 0 Å². The van der Waals surface area contributed by atoms with Crippen molar-refractivity contribution in [3.05, 3.63) is 80.2 Å². The number of hydrogen-bond acceptors (Lipinski definition) is 8. The van der Waals surface area contributed by atoms with Gasteiger partial charge in [-0.1, -0.05) is 47.5 Å². The number of methoxy groups -OCH3 is 1. The number of carbonyl (C=O) groups is 2. The van der Waals surface area contributed by atoms with Crippen molar-refractivity contribution in [2.75, 3.05) is 7.11 Å². The third-order valence-electron chi connectivity index (χ3n) is 3.77. The molecule has 1 aliphatic rings. The molecule has 1 N–H and O–H groups in total. The molecular formula is C19H13Cl2NO6S. The first-order chi connectivity index (χ1) is 13.9. The molecule has 0 unspecified atom stereocenters. The molecular weight excluding hydrogens is 441 g/mol. The van der Waals surface area contributed by atoms with Gasteiger partial charge in [-0.05, 0) is 29.8 Å². The Morgan fingerprint density at radius 1 is 1.17 bits per heavy atom. The van der Waals surface area contributed by atoms with E-state index in [0.717, 1.165) is 11.5 Å². The highest BCUT2D eigenvalue weighted by Crippen LogP contribution is 2.31. The molecule has 1 aromatic heterocycles. The van der Waals surface area contributed by atoms with Crippen molar-refractivity contribution in [2.24, 2.45) is 0 Å². The van der Waals surface area contributed by atoms with Crippen molar-refractivity contribution >= 4 is 46.7 Å². The minimum atomic E-state index is -0.800. The number of esters is 2. The van der Waals surface area contributed by atoms with E-state index in [1.165, 1.54) is 13.2 Å². The second-order valence-electron chi connectivity index (χ2n) is 5.56. The lowest BCUT2D eigenvalue weighted by atomic mass is 10.1. The predicted octanol–water partition coefficient (Wildman–Crippen LogP) is 4.87. The molecule has 3 rings (SSSR count). The molecule has 0 amide bonds. The lowest BCUT2D eigenvalue weighted by molar-refractivity contribution is 0.0454. The fourth-order valence-corrected chi connectivity index (χ4v) is 3.37. The average molecular weight is 454 g/mol. The van der Waals surface area contributed by atoms with Gasteiger partial charge < -0.3 is 19.3 Å². The first-order valence-electron chi connectivity index (χ1n) is 8.06. The Kier molecular flexibility index (Phi) is 6.58. The molecule has 10 heteroatoms. The summed E-state index contributed by atoms with van der Waals surface area (Å²) in [6.07, 6.45) is 6.73. The Bertz CT molecular complexity index is 1040. The molecule has 0 fully saturated rings. The van der Waals surface area contributed by atoms with Crippen LogP contribution < -0.4 is 4.74 Å². The fourth-order valence-electron chi connectivity index (χ4n) is 2.39. The highest BCUT2D eigenvalue weighted by Gasteiger charge is 2.23. The van der Waals surface area contributed by atoms with Gasteiger partial charge in [0.15, 0.2) is 5.69 Å². The predicted molar refractivity (Wildman–Crippen MR) is 108 cm³/mol. The molecule has 0 atom stereocenters. The summed E-state index contributed by atoms with van der Waals surface area (Å²) in [5.74, 6) is -1.87. The Balaban J connectivity index is 1.86. The number of benzene rings is 1. The van der Waals surface area contributed by atoms with E-state index in [1.807, 2.05) is 0 Å². The number of allylic oxidation sites excluding steroid dienone is 5. The normalized spacial score (nSPS) is 12.2. The van der Waals surface area contributed by atoms with E-state index in [2.05, 4.69) is 4.37 Å². The van der Waals surface area contributed by atoms with Crippen LogP contribution in [0.15, 0.2) is 54.0 Å². The number of aromatic nitrogens is 1. The minimum Gasteiger partial charge on any atom is -0.480 e. The van der Waals surface area contributed by atoms with Crippen LogP contribution in [0.4, 0.5) is 0 Å². The quantitative estimate of drug-likeness (QED) is 0.492. The number of rotatable bonds is 6. The standard InChI is InChI=1S/C19H13Cl2NO6S/c1-26-18(24)13-11(9-27-19(25)15-14(20)16(21)29-22-15)7-4-8-12(13)28-17(23)10-5-2-3-6-10/h2-8,23H,9H2,1H3. The van der Waals surface area contributed by atoms with Crippen molar-refractivity contribution in [3.63, 3.8) is 0 Å². The number of ether oxygens (including phenoxy) is 3. The van der Waals surface area contributed by atoms with Crippen LogP contribution in [-0.4, -0.2) is 28.5 Å². The first-order valence-corrected chi connectivity index (χ1v) is 9.59. The van der Waals surface area contributed by atoms with Gasteiger partial charge in [0.2, 0.25) is 0 Å². The van der Waals surface area contributed by atoms with Crippen LogP contribution in [0.2, 0.25) is 9.36 Å². The molecule has 0 saturated heterocycles. The van der Waals surface area contributed by atoms with Gasteiger partial charge in [0.05, 0.1) is 12.7 Å². The zero-order valence-corrected chi connectivity index (χ0v) is 17.2. The molecule has 1 aliphatic carbocycles. The van der Waals surface area contributed by atoms with Crippen molar-refractivity contribution < 1.29 is 28.9 Å². The summed E-state index contributed by atoms with van der Waals surface area (Å²) in [6, 6.07) is 4.62. The maximum absolute atomic E-state index is 12.3. The topological polar surface area (TPSA) is 95.0 Å². The van der Waals surface area contributed by atoms with Crippen LogP contribution in [0.5, 0.6) is 5.75 Å². The molecule has 0 saturated carbocycles. The largest absolute Gasteiger partial charge is 0.480 e. The zero-order chi connectivity index (χ0) is 21.0. The van der Waals surface area contributed by atoms with Gasteiger partial charge in [0, 0.05) is 5.56 Å². The summed E-state index contributed by atoms with van der Waals surface area (Å²) in [6.45, 7) is -0.289. The van der Waals surface area contributed by atoms with E-state index in [9.17, 15) is 14.7 Å². The monoisotopic (exact) mass is 453 g/mol. The van der Waals surface area contributed by atoms with E-state index in [1.54, 1.807) is 36.4 Å². The molecule has 0 aliphatic heterocycles. The van der Waals surface area contributed by atoms with Gasteiger partial charge in [-0.2, -0.15) is 4.37 Å². The number of aliphatic hydroxyl groups is 1. The molecule has 1 aromatic carbocycles. The molecule has 0 radical (unpaired) electrons. The van der Waals surface area contributed by atoms with E-state index < -0.39 is 17.9 Å². The summed E-state index contributed by atoms with van der Waals surface area (Å²) in [5.41, 5.74) is 0.627. The maximum Gasteiger partial charge on any atom is 0.360 e. The number of hydrogen-bond donors (Lipinski definition) is 1. The van der Waals surface area contributed by atoms with Gasteiger partial charge in [0.1, 0.15) is 27.3 Å². The summed E-state index contributed by atoms with van der Waals surface area (Å²) >= 11 is 12.6. The molecule has 150 valence electrons. The van der Waals surface area contributed by atoms with Gasteiger partial charge in [-0.15, -0.1) is 0 Å². The lowest BCUT2D eigenvalue weighted by Gasteiger charge is -2.14. The second kappa shape index (κ2) is 9.13. The Hall–Kier alpha value is -2.81. The Morgan fingerprint density at radius 2 is 1.90 bits per heavy atom. The Morgan fingerprint density at radius 3 is 2.52 bits per heavy atom. The van der Waals surface area contributed by atoms with Crippen molar-refractivity contribution in [1.29, 1.82) is 0 Å². The lowest BCUT2D eigenvalue weighted by Crippen LogP contribution is -2.13. The van der Waals surface area contributed by atoms with Crippen molar-refractivity contribution in [3.8, 4) is 5.75 Å². The molecule has 29 heavy (non-hydrogen) atoms. The number of carbonyl (C=O) groups excluding carboxylic acids is 2. The molecule has 2 aromatic rings. The SMILES string of the molecule is COC(=O)c1c(COC(=O)c2nsc(Cl)c2Cl)cccc1OC(O)=C1C=CC=C1. The maximum atomic E-state index is 12.3. The first kappa shape index (κ1) is 20.9. The minimum absolute atomic E-state index is 0.00108. The summed E-state index contributed by atoms with van der Waals surface area (Å²) in [5, 5.41) is 10.2. The third-order valence-corrected chi connectivity index (χ3v) is 5.38. The number of nitrogens with zero attached hydrogens (tertiary/aromatic N) is 1. The second-order valence-corrected chi connectivity index (χ2v) is 7.31. The van der Waals surface area contributed by atoms with E-state index >= 15 is 0 Å². The molecule has 0 spiro atoms. The third kappa shape index (κ3) is 4.61. The van der Waals surface area contributed by atoms with Crippen LogP contribution >= 0.6 is 34.7 Å². The van der Waals surface area contributed by atoms with Crippen LogP contribution in [-0.2, 0) is 16.1 Å². The van der Waals surface area contributed by atoms with E-state index in [-0.39, 0.29) is 33.0 Å². The van der Waals surface area contributed by atoms with Gasteiger partial charge >= 0.3 is 11.9 Å². The highest BCUT2D eigenvalue weighted by atomic mass is 35.5. The van der Waals surface area contributed by atoms with Crippen LogP contribution in [0.1, 0.15) is 26.4 Å². The van der Waals surface area contributed by atoms with Gasteiger partial charge in [0.25, 0.3) is 5.95 Å². The number of halogens is 2. The van der Waals surface area contributed by atoms with Crippen molar-refractivity contribution in [1.82, 2.24) is 4.37 Å². The van der Waals surface area contributed by atoms with Gasteiger partial charge in [-0.25, -0.2) is 9.59 Å². The average Bonchev–Trinajstić information content (AvgIpc) is 3.36. The smallest absolute Gasteiger partial charge is 0.360 e. The van der Waals surface area contributed by atoms with Crippen LogP contribution in [0.3, 0.4) is 0 Å². The van der Waals surface area contributed by atoms with Crippen molar-refractivity contribution in [2.45, 2.75) is 6.61 Å². The van der Waals surface area contributed by atoms with E-state index in [0.29, 0.717) is 11.1 Å². The number of aliphatic hydroxyl groups excluding tert-OH is 1. The fraction of sp³-hybridized carbons (Fsp3) is 0.105. The zero-order valence-electron chi connectivity index (χ0n) is 14.8.